The van der Waals surface area contributed by atoms with Gasteiger partial charge in [-0.05, 0) is 24.3 Å². The van der Waals surface area contributed by atoms with Crippen molar-refractivity contribution in [3.63, 3.8) is 0 Å². The number of hydrogen-bond donors (Lipinski definition) is 0. The number of carbonyl (C=O) groups excluding carboxylic acids is 1. The molecular formula is C15H13ClN2O4. The minimum Gasteiger partial charge on any atom is -0.497 e. The van der Waals surface area contributed by atoms with Crippen LogP contribution in [0.4, 0.5) is 17.1 Å². The van der Waals surface area contributed by atoms with Gasteiger partial charge in [-0.25, -0.2) is 0 Å². The molecule has 0 aliphatic carbocycles. The molecule has 0 aliphatic rings. The number of nitro groups is 1. The van der Waals surface area contributed by atoms with E-state index in [1.165, 1.54) is 36.3 Å². The Labute approximate surface area is 132 Å². The van der Waals surface area contributed by atoms with Crippen molar-refractivity contribution in [1.82, 2.24) is 0 Å². The summed E-state index contributed by atoms with van der Waals surface area (Å²) in [4.78, 5) is 23.8. The lowest BCUT2D eigenvalue weighted by atomic mass is 10.2. The highest BCUT2D eigenvalue weighted by atomic mass is 35.5. The predicted molar refractivity (Wildman–Crippen MR) is 84.0 cm³/mol. The summed E-state index contributed by atoms with van der Waals surface area (Å²) >= 11 is 5.67. The van der Waals surface area contributed by atoms with E-state index in [-0.39, 0.29) is 17.5 Å². The van der Waals surface area contributed by atoms with E-state index < -0.39 is 4.92 Å². The van der Waals surface area contributed by atoms with E-state index in [0.29, 0.717) is 17.1 Å². The van der Waals surface area contributed by atoms with Gasteiger partial charge >= 0.3 is 0 Å². The number of non-ortho nitro benzene ring substituents is 1. The first-order chi connectivity index (χ1) is 10.6. The molecule has 114 valence electrons. The van der Waals surface area contributed by atoms with E-state index in [9.17, 15) is 14.9 Å². The van der Waals surface area contributed by atoms with Crippen LogP contribution in [0.2, 0.25) is 0 Å². The van der Waals surface area contributed by atoms with Gasteiger partial charge in [-0.3, -0.25) is 19.8 Å². The summed E-state index contributed by atoms with van der Waals surface area (Å²) in [7, 11) is 1.53. The molecule has 0 bridgehead atoms. The Balaban J connectivity index is 2.45. The van der Waals surface area contributed by atoms with Gasteiger partial charge < -0.3 is 4.74 Å². The molecule has 6 nitrogen and oxygen atoms in total. The van der Waals surface area contributed by atoms with Gasteiger partial charge in [-0.1, -0.05) is 6.07 Å². The Kier molecular flexibility index (Phi) is 4.95. The number of methoxy groups -OCH3 is 1. The quantitative estimate of drug-likeness (QED) is 0.480. The van der Waals surface area contributed by atoms with Crippen LogP contribution in [-0.4, -0.2) is 23.8 Å². The number of benzene rings is 2. The van der Waals surface area contributed by atoms with Crippen molar-refractivity contribution >= 4 is 34.6 Å². The van der Waals surface area contributed by atoms with Crippen LogP contribution in [0.15, 0.2) is 48.5 Å². The summed E-state index contributed by atoms with van der Waals surface area (Å²) in [6.07, 6.45) is 0. The molecule has 0 aromatic heterocycles. The molecule has 0 atom stereocenters. The van der Waals surface area contributed by atoms with E-state index in [1.54, 1.807) is 24.3 Å². The fourth-order valence-electron chi connectivity index (χ4n) is 1.97. The molecule has 0 saturated heterocycles. The van der Waals surface area contributed by atoms with Crippen LogP contribution >= 0.6 is 11.6 Å². The molecule has 0 N–H and O–H groups in total. The number of hydrogen-bond acceptors (Lipinski definition) is 4. The van der Waals surface area contributed by atoms with Crippen LogP contribution in [0.5, 0.6) is 5.75 Å². The number of nitrogens with zero attached hydrogens (tertiary/aromatic N) is 2. The van der Waals surface area contributed by atoms with Crippen molar-refractivity contribution < 1.29 is 14.5 Å². The van der Waals surface area contributed by atoms with Crippen LogP contribution in [0, 0.1) is 10.1 Å². The molecule has 7 heteroatoms. The number of anilines is 2. The largest absolute Gasteiger partial charge is 0.497 e. The van der Waals surface area contributed by atoms with Gasteiger partial charge in [0.2, 0.25) is 5.91 Å². The Morgan fingerprint density at radius 3 is 2.45 bits per heavy atom. The summed E-state index contributed by atoms with van der Waals surface area (Å²) in [6, 6.07) is 12.6. The molecule has 22 heavy (non-hydrogen) atoms. The van der Waals surface area contributed by atoms with Gasteiger partial charge in [-0.15, -0.1) is 11.6 Å². The summed E-state index contributed by atoms with van der Waals surface area (Å²) < 4.78 is 5.14. The van der Waals surface area contributed by atoms with Crippen molar-refractivity contribution in [2.24, 2.45) is 0 Å². The highest BCUT2D eigenvalue weighted by molar-refractivity contribution is 6.30. The smallest absolute Gasteiger partial charge is 0.269 e. The average Bonchev–Trinajstić information content (AvgIpc) is 2.55. The lowest BCUT2D eigenvalue weighted by Crippen LogP contribution is -2.26. The highest BCUT2D eigenvalue weighted by Gasteiger charge is 2.18. The van der Waals surface area contributed by atoms with Crippen LogP contribution in [-0.2, 0) is 4.79 Å². The Hall–Kier alpha value is -2.60. The standard InChI is InChI=1S/C15H13ClN2O4/c1-22-14-4-2-3-13(9-14)17(15(19)10-16)11-5-7-12(8-6-11)18(20)21/h2-9H,10H2,1H3. The van der Waals surface area contributed by atoms with Crippen molar-refractivity contribution in [3.8, 4) is 5.75 Å². The minimum atomic E-state index is -0.497. The maximum absolute atomic E-state index is 12.2. The fraction of sp³-hybridized carbons (Fsp3) is 0.133. The second-order valence-electron chi connectivity index (χ2n) is 4.34. The molecular weight excluding hydrogens is 308 g/mol. The number of nitro benzene ring substituents is 1. The fourth-order valence-corrected chi connectivity index (χ4v) is 2.09. The SMILES string of the molecule is COc1cccc(N(C(=O)CCl)c2ccc([N+](=O)[O-])cc2)c1. The molecule has 0 heterocycles. The third-order valence-corrected chi connectivity index (χ3v) is 3.22. The van der Waals surface area contributed by atoms with E-state index >= 15 is 0 Å². The van der Waals surface area contributed by atoms with Crippen LogP contribution in [0.25, 0.3) is 0 Å². The van der Waals surface area contributed by atoms with E-state index in [4.69, 9.17) is 16.3 Å². The van der Waals surface area contributed by atoms with Gasteiger partial charge in [0.05, 0.1) is 17.7 Å². The average molecular weight is 321 g/mol. The predicted octanol–water partition coefficient (Wildman–Crippen LogP) is 3.51. The topological polar surface area (TPSA) is 72.7 Å². The Bertz CT molecular complexity index is 688. The lowest BCUT2D eigenvalue weighted by molar-refractivity contribution is -0.384. The molecule has 0 saturated carbocycles. The normalized spacial score (nSPS) is 10.1. The molecule has 2 rings (SSSR count). The zero-order valence-corrected chi connectivity index (χ0v) is 12.5. The zero-order chi connectivity index (χ0) is 16.1. The molecule has 0 spiro atoms. The van der Waals surface area contributed by atoms with Crippen molar-refractivity contribution in [1.29, 1.82) is 0 Å². The number of halogens is 1. The number of rotatable bonds is 5. The van der Waals surface area contributed by atoms with Crippen molar-refractivity contribution in [2.75, 3.05) is 17.9 Å². The maximum Gasteiger partial charge on any atom is 0.269 e. The zero-order valence-electron chi connectivity index (χ0n) is 11.7. The van der Waals surface area contributed by atoms with Crippen LogP contribution in [0.1, 0.15) is 0 Å². The monoisotopic (exact) mass is 320 g/mol. The molecule has 0 unspecified atom stereocenters. The van der Waals surface area contributed by atoms with Gasteiger partial charge in [0.1, 0.15) is 11.6 Å². The van der Waals surface area contributed by atoms with E-state index in [0.717, 1.165) is 0 Å². The third-order valence-electron chi connectivity index (χ3n) is 2.99. The van der Waals surface area contributed by atoms with E-state index in [1.807, 2.05) is 0 Å². The van der Waals surface area contributed by atoms with Gasteiger partial charge in [0.15, 0.2) is 0 Å². The maximum atomic E-state index is 12.2. The van der Waals surface area contributed by atoms with Gasteiger partial charge in [0.25, 0.3) is 5.69 Å². The molecule has 1 amide bonds. The highest BCUT2D eigenvalue weighted by Crippen LogP contribution is 2.30. The Morgan fingerprint density at radius 1 is 1.23 bits per heavy atom. The van der Waals surface area contributed by atoms with Crippen molar-refractivity contribution in [3.05, 3.63) is 58.6 Å². The first-order valence-corrected chi connectivity index (χ1v) is 6.87. The second kappa shape index (κ2) is 6.91. The van der Waals surface area contributed by atoms with Crippen LogP contribution < -0.4 is 9.64 Å². The third kappa shape index (κ3) is 3.35. The van der Waals surface area contributed by atoms with Gasteiger partial charge in [-0.2, -0.15) is 0 Å². The Morgan fingerprint density at radius 2 is 1.91 bits per heavy atom. The molecule has 2 aromatic carbocycles. The first-order valence-electron chi connectivity index (χ1n) is 6.34. The summed E-state index contributed by atoms with van der Waals surface area (Å²) in [5, 5.41) is 10.7. The van der Waals surface area contributed by atoms with E-state index in [2.05, 4.69) is 0 Å². The number of carbonyl (C=O) groups is 1. The second-order valence-corrected chi connectivity index (χ2v) is 4.61. The first kappa shape index (κ1) is 15.8. The van der Waals surface area contributed by atoms with Crippen molar-refractivity contribution in [2.45, 2.75) is 0 Å². The molecule has 2 aromatic rings. The number of amides is 1. The summed E-state index contributed by atoms with van der Waals surface area (Å²) in [5.41, 5.74) is 1.01. The molecule has 0 aliphatic heterocycles. The number of alkyl halides is 1. The molecule has 0 radical (unpaired) electrons. The number of ether oxygens (including phenoxy) is 1. The van der Waals surface area contributed by atoms with Crippen LogP contribution in [0.3, 0.4) is 0 Å². The van der Waals surface area contributed by atoms with Gasteiger partial charge in [0, 0.05) is 23.9 Å². The minimum absolute atomic E-state index is 0.0485. The lowest BCUT2D eigenvalue weighted by Gasteiger charge is -2.22. The summed E-state index contributed by atoms with van der Waals surface area (Å²) in [6.45, 7) is 0. The summed E-state index contributed by atoms with van der Waals surface area (Å²) in [5.74, 6) is 0.0318. The molecule has 0 fully saturated rings.